The van der Waals surface area contributed by atoms with Crippen LogP contribution in [0.25, 0.3) is 11.3 Å². The lowest BCUT2D eigenvalue weighted by Crippen LogP contribution is -2.12. The lowest BCUT2D eigenvalue weighted by Gasteiger charge is -2.10. The van der Waals surface area contributed by atoms with Gasteiger partial charge in [0.15, 0.2) is 11.1 Å². The van der Waals surface area contributed by atoms with E-state index in [-0.39, 0.29) is 12.3 Å². The fourth-order valence-corrected chi connectivity index (χ4v) is 3.15. The van der Waals surface area contributed by atoms with Crippen LogP contribution in [0.2, 0.25) is 0 Å². The predicted molar refractivity (Wildman–Crippen MR) is 98.6 cm³/mol. The average molecular weight is 366 g/mol. The Morgan fingerprint density at radius 3 is 2.65 bits per heavy atom. The number of anilines is 3. The maximum atomic E-state index is 12.0. The predicted octanol–water partition coefficient (Wildman–Crippen LogP) is 2.96. The topological polar surface area (TPSA) is 104 Å². The smallest absolute Gasteiger partial charge is 0.228 e. The van der Waals surface area contributed by atoms with Crippen LogP contribution in [0.1, 0.15) is 5.56 Å². The molecule has 1 aliphatic heterocycles. The molecule has 3 aromatic rings. The van der Waals surface area contributed by atoms with Gasteiger partial charge in [0.1, 0.15) is 0 Å². The number of nitrogens with zero attached hydrogens (tertiary/aromatic N) is 2. The van der Waals surface area contributed by atoms with Crippen molar-refractivity contribution in [1.82, 2.24) is 9.97 Å². The van der Waals surface area contributed by atoms with Gasteiger partial charge in [-0.15, -0.1) is 0 Å². The number of benzene rings is 2. The molecule has 1 amide bonds. The Morgan fingerprint density at radius 2 is 1.88 bits per heavy atom. The number of hydrogen-bond donors (Lipinski definition) is 3. The Hall–Kier alpha value is -3.10. The van der Waals surface area contributed by atoms with E-state index in [0.717, 1.165) is 16.8 Å². The Bertz CT molecular complexity index is 1020. The first-order valence-corrected chi connectivity index (χ1v) is 8.94. The number of rotatable bonds is 3. The molecule has 7 nitrogen and oxygen atoms in total. The molecule has 1 aromatic heterocycles. The van der Waals surface area contributed by atoms with Gasteiger partial charge >= 0.3 is 0 Å². The molecule has 2 heterocycles. The molecule has 0 radical (unpaired) electrons. The van der Waals surface area contributed by atoms with Crippen molar-refractivity contribution < 1.29 is 13.6 Å². The molecule has 0 saturated heterocycles. The van der Waals surface area contributed by atoms with Crippen LogP contribution in [0.3, 0.4) is 0 Å². The van der Waals surface area contributed by atoms with Crippen LogP contribution < -0.4 is 10.6 Å². The highest BCUT2D eigenvalue weighted by molar-refractivity contribution is 7.79. The number of para-hydroxylation sites is 1. The zero-order chi connectivity index (χ0) is 18.1. The summed E-state index contributed by atoms with van der Waals surface area (Å²) >= 11 is -2.01. The number of carbonyl (C=O) groups is 1. The molecule has 1 unspecified atom stereocenters. The van der Waals surface area contributed by atoms with Gasteiger partial charge in [0.05, 0.1) is 22.7 Å². The van der Waals surface area contributed by atoms with Crippen molar-refractivity contribution in [1.29, 1.82) is 0 Å². The molecule has 0 spiro atoms. The zero-order valence-electron chi connectivity index (χ0n) is 13.5. The first-order valence-electron chi connectivity index (χ1n) is 7.83. The van der Waals surface area contributed by atoms with Crippen molar-refractivity contribution >= 4 is 34.3 Å². The summed E-state index contributed by atoms with van der Waals surface area (Å²) in [5.41, 5.74) is 3.70. The summed E-state index contributed by atoms with van der Waals surface area (Å²) in [6.45, 7) is 0. The fourth-order valence-electron chi connectivity index (χ4n) is 2.78. The molecule has 0 saturated carbocycles. The average Bonchev–Trinajstić information content (AvgIpc) is 2.77. The largest absolute Gasteiger partial charge is 0.325 e. The minimum absolute atomic E-state index is 0.104. The lowest BCUT2D eigenvalue weighted by atomic mass is 10.1. The Labute approximate surface area is 151 Å². The van der Waals surface area contributed by atoms with E-state index in [1.54, 1.807) is 30.5 Å². The van der Waals surface area contributed by atoms with E-state index in [4.69, 9.17) is 4.55 Å². The number of carbonyl (C=O) groups excluding carboxylic acids is 1. The van der Waals surface area contributed by atoms with Crippen molar-refractivity contribution in [3.63, 3.8) is 0 Å². The van der Waals surface area contributed by atoms with E-state index in [1.807, 2.05) is 24.3 Å². The lowest BCUT2D eigenvalue weighted by molar-refractivity contribution is -0.115. The van der Waals surface area contributed by atoms with Crippen LogP contribution in [0.5, 0.6) is 0 Å². The van der Waals surface area contributed by atoms with Gasteiger partial charge in [-0.3, -0.25) is 4.79 Å². The highest BCUT2D eigenvalue weighted by Crippen LogP contribution is 2.32. The molecular weight excluding hydrogens is 352 g/mol. The van der Waals surface area contributed by atoms with E-state index < -0.39 is 11.1 Å². The van der Waals surface area contributed by atoms with Crippen LogP contribution in [0.15, 0.2) is 59.6 Å². The summed E-state index contributed by atoms with van der Waals surface area (Å²) in [5, 5.41) is 5.95. The van der Waals surface area contributed by atoms with Gasteiger partial charge in [-0.1, -0.05) is 18.2 Å². The molecule has 0 aliphatic carbocycles. The number of hydrogen-bond acceptors (Lipinski definition) is 5. The van der Waals surface area contributed by atoms with E-state index in [9.17, 15) is 9.00 Å². The summed E-state index contributed by atoms with van der Waals surface area (Å²) < 4.78 is 20.1. The Kier molecular flexibility index (Phi) is 4.19. The second-order valence-corrected chi connectivity index (χ2v) is 6.71. The third kappa shape index (κ3) is 3.19. The first kappa shape index (κ1) is 16.4. The molecule has 1 atom stereocenters. The van der Waals surface area contributed by atoms with Gasteiger partial charge in [-0.25, -0.2) is 14.2 Å². The van der Waals surface area contributed by atoms with E-state index >= 15 is 0 Å². The molecule has 1 aliphatic rings. The van der Waals surface area contributed by atoms with Crippen LogP contribution in [0, 0.1) is 0 Å². The SMILES string of the molecule is O=C1Cc2cnc(Nc3ccc(S(=O)O)cc3)nc2-c2ccccc2N1. The van der Waals surface area contributed by atoms with Crippen molar-refractivity contribution in [2.24, 2.45) is 0 Å². The van der Waals surface area contributed by atoms with Crippen LogP contribution >= 0.6 is 0 Å². The molecule has 26 heavy (non-hydrogen) atoms. The number of aromatic nitrogens is 2. The fraction of sp³-hybridized carbons (Fsp3) is 0.0556. The summed E-state index contributed by atoms with van der Waals surface area (Å²) in [6, 6.07) is 14.0. The molecule has 8 heteroatoms. The normalized spacial score (nSPS) is 13.8. The second-order valence-electron chi connectivity index (χ2n) is 5.74. The highest BCUT2D eigenvalue weighted by Gasteiger charge is 2.20. The van der Waals surface area contributed by atoms with Crippen molar-refractivity contribution in [3.8, 4) is 11.3 Å². The maximum absolute atomic E-state index is 12.0. The maximum Gasteiger partial charge on any atom is 0.228 e. The van der Waals surface area contributed by atoms with Gasteiger partial charge in [0, 0.05) is 23.0 Å². The minimum atomic E-state index is -2.01. The van der Waals surface area contributed by atoms with Gasteiger partial charge in [-0.05, 0) is 30.3 Å². The molecule has 3 N–H and O–H groups in total. The first-order chi connectivity index (χ1) is 12.6. The van der Waals surface area contributed by atoms with Crippen molar-refractivity contribution in [2.75, 3.05) is 10.6 Å². The molecule has 0 bridgehead atoms. The minimum Gasteiger partial charge on any atom is -0.325 e. The van der Waals surface area contributed by atoms with Crippen molar-refractivity contribution in [3.05, 3.63) is 60.3 Å². The van der Waals surface area contributed by atoms with Gasteiger partial charge < -0.3 is 15.2 Å². The van der Waals surface area contributed by atoms with Crippen LogP contribution in [-0.2, 0) is 22.3 Å². The molecule has 0 fully saturated rings. The second kappa shape index (κ2) is 6.66. The van der Waals surface area contributed by atoms with Gasteiger partial charge in [0.2, 0.25) is 11.9 Å². The Balaban J connectivity index is 1.70. The van der Waals surface area contributed by atoms with Crippen molar-refractivity contribution in [2.45, 2.75) is 11.3 Å². The van der Waals surface area contributed by atoms with Crippen LogP contribution in [-0.4, -0.2) is 24.6 Å². The third-order valence-electron chi connectivity index (χ3n) is 3.98. The van der Waals surface area contributed by atoms with E-state index in [2.05, 4.69) is 20.6 Å². The van der Waals surface area contributed by atoms with E-state index in [1.165, 1.54) is 0 Å². The number of fused-ring (bicyclic) bond motifs is 3. The molecular formula is C18H14N4O3S. The Morgan fingerprint density at radius 1 is 1.12 bits per heavy atom. The summed E-state index contributed by atoms with van der Waals surface area (Å²) in [5.74, 6) is 0.277. The monoisotopic (exact) mass is 366 g/mol. The third-order valence-corrected chi connectivity index (χ3v) is 4.66. The van der Waals surface area contributed by atoms with E-state index in [0.29, 0.717) is 22.2 Å². The van der Waals surface area contributed by atoms with Gasteiger partial charge in [0.25, 0.3) is 0 Å². The number of amides is 1. The number of nitrogens with one attached hydrogen (secondary N) is 2. The molecule has 2 aromatic carbocycles. The summed E-state index contributed by atoms with van der Waals surface area (Å²) in [4.78, 5) is 21.2. The summed E-state index contributed by atoms with van der Waals surface area (Å²) in [6.07, 6.45) is 1.85. The van der Waals surface area contributed by atoms with Crippen LogP contribution in [0.4, 0.5) is 17.3 Å². The molecule has 130 valence electrons. The quantitative estimate of drug-likeness (QED) is 0.616. The van der Waals surface area contributed by atoms with Gasteiger partial charge in [-0.2, -0.15) is 0 Å². The summed E-state index contributed by atoms with van der Waals surface area (Å²) in [7, 11) is 0. The zero-order valence-corrected chi connectivity index (χ0v) is 14.3. The standard InChI is InChI=1S/C18H14N4O3S/c23-16-9-11-10-19-18(20-12-5-7-13(8-6-12)26(24)25)22-17(11)14-3-1-2-4-15(14)21-16/h1-8,10H,9H2,(H,21,23)(H,24,25)(H,19,20,22). The molecule has 4 rings (SSSR count). The highest BCUT2D eigenvalue weighted by atomic mass is 32.2.